The number of amides is 1. The first-order valence-corrected chi connectivity index (χ1v) is 7.72. The van der Waals surface area contributed by atoms with Crippen LogP contribution in [0.5, 0.6) is 5.75 Å². The Morgan fingerprint density at radius 1 is 1.39 bits per heavy atom. The Kier molecular flexibility index (Phi) is 5.14. The van der Waals surface area contributed by atoms with Crippen molar-refractivity contribution in [2.24, 2.45) is 5.41 Å². The van der Waals surface area contributed by atoms with Gasteiger partial charge in [-0.3, -0.25) is 0 Å². The molecule has 1 amide bonds. The number of alkyl carbamates (subject to hydrolysis) is 1. The second-order valence-corrected chi connectivity index (χ2v) is 7.05. The summed E-state index contributed by atoms with van der Waals surface area (Å²) < 4.78 is 24.1. The van der Waals surface area contributed by atoms with Gasteiger partial charge in [0.15, 0.2) is 0 Å². The van der Waals surface area contributed by atoms with Gasteiger partial charge in [-0.15, -0.1) is 0 Å². The lowest BCUT2D eigenvalue weighted by Gasteiger charge is -2.22. The molecule has 0 unspecified atom stereocenters. The molecule has 1 saturated carbocycles. The zero-order valence-corrected chi connectivity index (χ0v) is 13.8. The summed E-state index contributed by atoms with van der Waals surface area (Å²) >= 11 is 0. The van der Waals surface area contributed by atoms with Crippen molar-refractivity contribution in [3.05, 3.63) is 29.6 Å². The van der Waals surface area contributed by atoms with E-state index in [1.54, 1.807) is 0 Å². The van der Waals surface area contributed by atoms with Gasteiger partial charge in [0.1, 0.15) is 17.2 Å². The fourth-order valence-corrected chi connectivity index (χ4v) is 2.17. The summed E-state index contributed by atoms with van der Waals surface area (Å²) in [5, 5.41) is 12.0. The van der Waals surface area contributed by atoms with E-state index in [9.17, 15) is 14.3 Å². The molecular formula is C17H24FNO4. The summed E-state index contributed by atoms with van der Waals surface area (Å²) in [6.07, 6.45) is 1.44. The number of carbonyl (C=O) groups is 1. The van der Waals surface area contributed by atoms with Crippen molar-refractivity contribution in [1.82, 2.24) is 5.32 Å². The molecule has 23 heavy (non-hydrogen) atoms. The van der Waals surface area contributed by atoms with Crippen LogP contribution in [0.1, 0.15) is 39.2 Å². The van der Waals surface area contributed by atoms with Gasteiger partial charge in [0.2, 0.25) is 0 Å². The largest absolute Gasteiger partial charge is 0.493 e. The molecule has 0 aliphatic heterocycles. The standard InChI is InChI=1S/C17H24FNO4/c1-16(2,3)23-15(21)19-10-17(6-7-17)11-22-14-5-4-13(18)8-12(14)9-20/h4-5,8,20H,6-7,9-11H2,1-3H3,(H,19,21). The Hall–Kier alpha value is -1.82. The van der Waals surface area contributed by atoms with E-state index < -0.39 is 17.5 Å². The van der Waals surface area contributed by atoms with Crippen LogP contribution in [0.3, 0.4) is 0 Å². The Bertz CT molecular complexity index is 564. The van der Waals surface area contributed by atoms with Crippen LogP contribution < -0.4 is 10.1 Å². The predicted molar refractivity (Wildman–Crippen MR) is 83.7 cm³/mol. The van der Waals surface area contributed by atoms with Gasteiger partial charge >= 0.3 is 6.09 Å². The van der Waals surface area contributed by atoms with E-state index >= 15 is 0 Å². The zero-order valence-electron chi connectivity index (χ0n) is 13.8. The monoisotopic (exact) mass is 325 g/mol. The molecule has 0 aromatic heterocycles. The fraction of sp³-hybridized carbons (Fsp3) is 0.588. The van der Waals surface area contributed by atoms with Gasteiger partial charge in [-0.1, -0.05) is 0 Å². The summed E-state index contributed by atoms with van der Waals surface area (Å²) in [5.41, 5.74) is -0.222. The molecule has 0 saturated heterocycles. The van der Waals surface area contributed by atoms with Crippen molar-refractivity contribution in [3.63, 3.8) is 0 Å². The number of carbonyl (C=O) groups excluding carboxylic acids is 1. The lowest BCUT2D eigenvalue weighted by atomic mass is 10.1. The number of halogens is 1. The molecule has 2 rings (SSSR count). The molecule has 0 heterocycles. The maximum atomic E-state index is 13.1. The number of nitrogens with one attached hydrogen (secondary N) is 1. The molecule has 1 aromatic carbocycles. The highest BCUT2D eigenvalue weighted by Crippen LogP contribution is 2.45. The highest BCUT2D eigenvalue weighted by atomic mass is 19.1. The van der Waals surface area contributed by atoms with Crippen molar-refractivity contribution in [2.45, 2.75) is 45.8 Å². The van der Waals surface area contributed by atoms with E-state index in [1.165, 1.54) is 18.2 Å². The molecule has 128 valence electrons. The second-order valence-electron chi connectivity index (χ2n) is 7.05. The molecule has 1 fully saturated rings. The lowest BCUT2D eigenvalue weighted by Crippen LogP contribution is -2.37. The first kappa shape index (κ1) is 17.5. The summed E-state index contributed by atoms with van der Waals surface area (Å²) in [6.45, 7) is 6.03. The number of benzene rings is 1. The third-order valence-corrected chi connectivity index (χ3v) is 3.69. The van der Waals surface area contributed by atoms with Gasteiger partial charge in [0.05, 0.1) is 13.2 Å². The molecule has 1 aromatic rings. The third-order valence-electron chi connectivity index (χ3n) is 3.69. The highest BCUT2D eigenvalue weighted by Gasteiger charge is 2.44. The van der Waals surface area contributed by atoms with Gasteiger partial charge < -0.3 is 19.9 Å². The van der Waals surface area contributed by atoms with E-state index in [0.717, 1.165) is 12.8 Å². The molecule has 6 heteroatoms. The van der Waals surface area contributed by atoms with Crippen LogP contribution in [0.2, 0.25) is 0 Å². The first-order valence-electron chi connectivity index (χ1n) is 7.72. The minimum atomic E-state index is -0.526. The minimum absolute atomic E-state index is 0.113. The summed E-state index contributed by atoms with van der Waals surface area (Å²) in [5.74, 6) is 0.0616. The molecular weight excluding hydrogens is 301 g/mol. The average molecular weight is 325 g/mol. The van der Waals surface area contributed by atoms with Crippen molar-refractivity contribution >= 4 is 6.09 Å². The lowest BCUT2D eigenvalue weighted by molar-refractivity contribution is 0.0509. The van der Waals surface area contributed by atoms with Crippen LogP contribution in [0, 0.1) is 11.2 Å². The Balaban J connectivity index is 1.85. The van der Waals surface area contributed by atoms with Gasteiger partial charge in [0.25, 0.3) is 0 Å². The first-order chi connectivity index (χ1) is 10.7. The zero-order chi connectivity index (χ0) is 17.1. The fourth-order valence-electron chi connectivity index (χ4n) is 2.17. The smallest absolute Gasteiger partial charge is 0.407 e. The number of ether oxygens (including phenoxy) is 2. The molecule has 5 nitrogen and oxygen atoms in total. The summed E-state index contributed by atoms with van der Waals surface area (Å²) in [6, 6.07) is 4.07. The minimum Gasteiger partial charge on any atom is -0.493 e. The van der Waals surface area contributed by atoms with Crippen LogP contribution >= 0.6 is 0 Å². The van der Waals surface area contributed by atoms with Crippen molar-refractivity contribution in [3.8, 4) is 5.75 Å². The maximum absolute atomic E-state index is 13.1. The van der Waals surface area contributed by atoms with E-state index in [4.69, 9.17) is 9.47 Å². The summed E-state index contributed by atoms with van der Waals surface area (Å²) in [7, 11) is 0. The number of hydrogen-bond acceptors (Lipinski definition) is 4. The predicted octanol–water partition coefficient (Wildman–Crippen LogP) is 3.00. The van der Waals surface area contributed by atoms with Gasteiger partial charge in [-0.05, 0) is 51.8 Å². The van der Waals surface area contributed by atoms with Crippen LogP contribution in [0.15, 0.2) is 18.2 Å². The Labute approximate surface area is 135 Å². The van der Waals surface area contributed by atoms with Crippen molar-refractivity contribution in [2.75, 3.05) is 13.2 Å². The normalized spacial score (nSPS) is 15.9. The molecule has 1 aliphatic rings. The van der Waals surface area contributed by atoms with Gasteiger partial charge in [-0.25, -0.2) is 9.18 Å². The molecule has 0 spiro atoms. The van der Waals surface area contributed by atoms with Crippen LogP contribution in [0.25, 0.3) is 0 Å². The molecule has 0 atom stereocenters. The van der Waals surface area contributed by atoms with Crippen molar-refractivity contribution in [1.29, 1.82) is 0 Å². The van der Waals surface area contributed by atoms with Crippen LogP contribution in [-0.4, -0.2) is 30.0 Å². The molecule has 0 radical (unpaired) electrons. The van der Waals surface area contributed by atoms with Crippen LogP contribution in [0.4, 0.5) is 9.18 Å². The average Bonchev–Trinajstić information content (AvgIpc) is 3.22. The van der Waals surface area contributed by atoms with E-state index in [1.807, 2.05) is 20.8 Å². The van der Waals surface area contributed by atoms with E-state index in [2.05, 4.69) is 5.32 Å². The third kappa shape index (κ3) is 5.39. The Morgan fingerprint density at radius 2 is 2.09 bits per heavy atom. The van der Waals surface area contributed by atoms with Gasteiger partial charge in [0, 0.05) is 17.5 Å². The SMILES string of the molecule is CC(C)(C)OC(=O)NCC1(COc2ccc(F)cc2CO)CC1. The maximum Gasteiger partial charge on any atom is 0.407 e. The van der Waals surface area contributed by atoms with E-state index in [0.29, 0.717) is 24.5 Å². The topological polar surface area (TPSA) is 67.8 Å². The second kappa shape index (κ2) is 6.74. The Morgan fingerprint density at radius 3 is 2.65 bits per heavy atom. The molecule has 1 aliphatic carbocycles. The number of hydrogen-bond donors (Lipinski definition) is 2. The van der Waals surface area contributed by atoms with Gasteiger partial charge in [-0.2, -0.15) is 0 Å². The summed E-state index contributed by atoms with van der Waals surface area (Å²) in [4.78, 5) is 11.7. The number of rotatable bonds is 6. The van der Waals surface area contributed by atoms with Crippen molar-refractivity contribution < 1.29 is 23.8 Å². The molecule has 2 N–H and O–H groups in total. The van der Waals surface area contributed by atoms with Crippen LogP contribution in [-0.2, 0) is 11.3 Å². The quantitative estimate of drug-likeness (QED) is 0.844. The highest BCUT2D eigenvalue weighted by molar-refractivity contribution is 5.67. The number of aliphatic hydroxyl groups excluding tert-OH is 1. The number of aliphatic hydroxyl groups is 1. The van der Waals surface area contributed by atoms with E-state index in [-0.39, 0.29) is 12.0 Å². The molecule has 0 bridgehead atoms.